The molecule has 35 heavy (non-hydrogen) atoms. The van der Waals surface area contributed by atoms with Crippen LogP contribution in [0, 0.1) is 13.8 Å². The van der Waals surface area contributed by atoms with E-state index in [0.717, 1.165) is 48.5 Å². The molecule has 3 aromatic carbocycles. The van der Waals surface area contributed by atoms with Gasteiger partial charge in [0.25, 0.3) is 0 Å². The smallest absolute Gasteiger partial charge is 0.305 e. The number of hydrogen-bond acceptors (Lipinski definition) is 5. The topological polar surface area (TPSA) is 54.0 Å². The molecule has 5 heteroatoms. The van der Waals surface area contributed by atoms with Crippen molar-refractivity contribution in [1.82, 2.24) is 0 Å². The fourth-order valence-corrected chi connectivity index (χ4v) is 4.49. The highest BCUT2D eigenvalue weighted by Crippen LogP contribution is 2.32. The summed E-state index contributed by atoms with van der Waals surface area (Å²) >= 11 is 0. The third-order valence-electron chi connectivity index (χ3n) is 6.30. The van der Waals surface area contributed by atoms with Crippen LogP contribution in [0.5, 0.6) is 11.5 Å². The minimum atomic E-state index is -0.198. The average molecular weight is 475 g/mol. The molecule has 184 valence electrons. The predicted octanol–water partition coefficient (Wildman–Crippen LogP) is 6.56. The average Bonchev–Trinajstić information content (AvgIpc) is 2.87. The van der Waals surface area contributed by atoms with Crippen molar-refractivity contribution in [3.63, 3.8) is 0 Å². The molecule has 0 spiro atoms. The van der Waals surface area contributed by atoms with Gasteiger partial charge in [0.15, 0.2) is 6.29 Å². The first kappa shape index (κ1) is 24.8. The summed E-state index contributed by atoms with van der Waals surface area (Å²) in [5.74, 6) is 1.47. The van der Waals surface area contributed by atoms with Gasteiger partial charge in [-0.25, -0.2) is 0 Å². The van der Waals surface area contributed by atoms with Crippen molar-refractivity contribution >= 4 is 5.97 Å². The van der Waals surface area contributed by atoms with E-state index in [1.807, 2.05) is 24.3 Å². The molecule has 1 heterocycles. The Balaban J connectivity index is 1.40. The Morgan fingerprint density at radius 3 is 2.40 bits per heavy atom. The Hall–Kier alpha value is -3.31. The Kier molecular flexibility index (Phi) is 8.43. The van der Waals surface area contributed by atoms with Crippen molar-refractivity contribution in [3.8, 4) is 22.6 Å². The number of ether oxygens (including phenoxy) is 4. The van der Waals surface area contributed by atoms with Gasteiger partial charge in [-0.05, 0) is 96.8 Å². The minimum Gasteiger partial charge on any atom is -0.489 e. The predicted molar refractivity (Wildman–Crippen MR) is 137 cm³/mol. The maximum atomic E-state index is 11.3. The van der Waals surface area contributed by atoms with Crippen LogP contribution in [0.1, 0.15) is 47.9 Å². The van der Waals surface area contributed by atoms with Crippen molar-refractivity contribution in [2.45, 2.75) is 58.8 Å². The molecule has 0 aromatic heterocycles. The number of methoxy groups -OCH3 is 1. The summed E-state index contributed by atoms with van der Waals surface area (Å²) in [4.78, 5) is 11.3. The molecule has 1 fully saturated rings. The van der Waals surface area contributed by atoms with Crippen LogP contribution in [0.15, 0.2) is 60.7 Å². The molecule has 1 aliphatic rings. The van der Waals surface area contributed by atoms with Crippen molar-refractivity contribution < 1.29 is 23.7 Å². The highest BCUT2D eigenvalue weighted by atomic mass is 16.7. The largest absolute Gasteiger partial charge is 0.489 e. The summed E-state index contributed by atoms with van der Waals surface area (Å²) < 4.78 is 22.6. The lowest BCUT2D eigenvalue weighted by molar-refractivity contribution is -0.140. The monoisotopic (exact) mass is 474 g/mol. The van der Waals surface area contributed by atoms with Gasteiger partial charge in [0.05, 0.1) is 13.7 Å². The summed E-state index contributed by atoms with van der Waals surface area (Å²) in [5.41, 5.74) is 6.93. The number of esters is 1. The lowest BCUT2D eigenvalue weighted by Crippen LogP contribution is -2.25. The van der Waals surface area contributed by atoms with E-state index in [1.165, 1.54) is 29.4 Å². The highest BCUT2D eigenvalue weighted by molar-refractivity contribution is 5.72. The van der Waals surface area contributed by atoms with Gasteiger partial charge < -0.3 is 18.9 Å². The van der Waals surface area contributed by atoms with Crippen LogP contribution in [0.25, 0.3) is 11.1 Å². The zero-order chi connectivity index (χ0) is 24.6. The molecule has 3 aromatic rings. The summed E-state index contributed by atoms with van der Waals surface area (Å²) in [7, 11) is 1.41. The van der Waals surface area contributed by atoms with E-state index < -0.39 is 0 Å². The van der Waals surface area contributed by atoms with Crippen LogP contribution >= 0.6 is 0 Å². The molecule has 4 rings (SSSR count). The fraction of sp³-hybridized carbons (Fsp3) is 0.367. The first-order chi connectivity index (χ1) is 17.0. The third-order valence-corrected chi connectivity index (χ3v) is 6.30. The Morgan fingerprint density at radius 2 is 1.71 bits per heavy atom. The molecule has 1 atom stereocenters. The number of carbonyl (C=O) groups is 1. The first-order valence-electron chi connectivity index (χ1n) is 12.3. The Labute approximate surface area is 208 Å². The van der Waals surface area contributed by atoms with Gasteiger partial charge in [-0.2, -0.15) is 0 Å². The lowest BCUT2D eigenvalue weighted by atomic mass is 9.94. The first-order valence-corrected chi connectivity index (χ1v) is 12.3. The number of rotatable bonds is 9. The van der Waals surface area contributed by atoms with E-state index in [0.29, 0.717) is 19.4 Å². The van der Waals surface area contributed by atoms with Gasteiger partial charge in [-0.1, -0.05) is 30.3 Å². The van der Waals surface area contributed by atoms with Crippen molar-refractivity contribution in [1.29, 1.82) is 0 Å². The molecule has 0 bridgehead atoms. The van der Waals surface area contributed by atoms with Crippen LogP contribution in [-0.4, -0.2) is 26.0 Å². The van der Waals surface area contributed by atoms with Crippen molar-refractivity contribution in [2.75, 3.05) is 13.7 Å². The van der Waals surface area contributed by atoms with Crippen LogP contribution in [-0.2, 0) is 27.3 Å². The summed E-state index contributed by atoms with van der Waals surface area (Å²) in [6, 6.07) is 20.5. The van der Waals surface area contributed by atoms with Gasteiger partial charge in [-0.15, -0.1) is 0 Å². The van der Waals surface area contributed by atoms with Gasteiger partial charge in [-0.3, -0.25) is 4.79 Å². The zero-order valence-electron chi connectivity index (χ0n) is 20.8. The molecule has 1 saturated heterocycles. The summed E-state index contributed by atoms with van der Waals surface area (Å²) in [5, 5.41) is 0. The van der Waals surface area contributed by atoms with E-state index in [-0.39, 0.29) is 12.3 Å². The Morgan fingerprint density at radius 1 is 0.943 bits per heavy atom. The standard InChI is InChI=1S/C30H34O5/c1-21-17-27(35-29-9-4-5-16-33-29)18-22(2)30(21)25-8-6-7-24(19-25)20-34-26-13-10-23(11-14-26)12-15-28(31)32-3/h6-8,10-11,13-14,17-19,29H,4-5,9,12,15-16,20H2,1-3H3. The van der Waals surface area contributed by atoms with Crippen molar-refractivity contribution in [3.05, 3.63) is 82.9 Å². The second-order valence-electron chi connectivity index (χ2n) is 9.06. The van der Waals surface area contributed by atoms with Crippen LogP contribution in [0.2, 0.25) is 0 Å². The zero-order valence-corrected chi connectivity index (χ0v) is 20.8. The van der Waals surface area contributed by atoms with Crippen LogP contribution in [0.4, 0.5) is 0 Å². The quantitative estimate of drug-likeness (QED) is 0.329. The van der Waals surface area contributed by atoms with E-state index >= 15 is 0 Å². The Bertz CT molecular complexity index is 1110. The molecule has 5 nitrogen and oxygen atoms in total. The van der Waals surface area contributed by atoms with Crippen LogP contribution < -0.4 is 9.47 Å². The minimum absolute atomic E-state index is 0.143. The molecule has 0 radical (unpaired) electrons. The molecular formula is C30H34O5. The number of hydrogen-bond donors (Lipinski definition) is 0. The number of aryl methyl sites for hydroxylation is 3. The van der Waals surface area contributed by atoms with E-state index in [4.69, 9.17) is 18.9 Å². The summed E-state index contributed by atoms with van der Waals surface area (Å²) in [6.45, 7) is 5.51. The number of benzene rings is 3. The molecule has 0 amide bonds. The molecule has 1 aliphatic heterocycles. The van der Waals surface area contributed by atoms with Gasteiger partial charge in [0.1, 0.15) is 18.1 Å². The lowest BCUT2D eigenvalue weighted by Gasteiger charge is -2.24. The van der Waals surface area contributed by atoms with Gasteiger partial charge in [0.2, 0.25) is 0 Å². The van der Waals surface area contributed by atoms with Crippen molar-refractivity contribution in [2.24, 2.45) is 0 Å². The van der Waals surface area contributed by atoms with Gasteiger partial charge >= 0.3 is 5.97 Å². The third kappa shape index (κ3) is 6.86. The molecule has 1 unspecified atom stereocenters. The molecule has 0 saturated carbocycles. The fourth-order valence-electron chi connectivity index (χ4n) is 4.49. The molecule has 0 aliphatic carbocycles. The SMILES string of the molecule is COC(=O)CCc1ccc(OCc2cccc(-c3c(C)cc(OC4CCCCO4)cc3C)c2)cc1. The second kappa shape index (κ2) is 11.9. The number of carbonyl (C=O) groups excluding carboxylic acids is 1. The van der Waals surface area contributed by atoms with E-state index in [9.17, 15) is 4.79 Å². The normalized spacial score (nSPS) is 15.5. The van der Waals surface area contributed by atoms with E-state index in [1.54, 1.807) is 0 Å². The van der Waals surface area contributed by atoms with E-state index in [2.05, 4.69) is 50.2 Å². The maximum absolute atomic E-state index is 11.3. The molecular weight excluding hydrogens is 440 g/mol. The summed E-state index contributed by atoms with van der Waals surface area (Å²) in [6.07, 6.45) is 4.09. The van der Waals surface area contributed by atoms with Crippen LogP contribution in [0.3, 0.4) is 0 Å². The highest BCUT2D eigenvalue weighted by Gasteiger charge is 2.17. The second-order valence-corrected chi connectivity index (χ2v) is 9.06. The molecule has 0 N–H and O–H groups in total. The van der Waals surface area contributed by atoms with Gasteiger partial charge in [0, 0.05) is 12.8 Å². The maximum Gasteiger partial charge on any atom is 0.305 e.